The van der Waals surface area contributed by atoms with Crippen LogP contribution < -0.4 is 10.1 Å². The highest BCUT2D eigenvalue weighted by Gasteiger charge is 2.33. The Balaban J connectivity index is 1.51. The van der Waals surface area contributed by atoms with Gasteiger partial charge in [-0.2, -0.15) is 0 Å². The van der Waals surface area contributed by atoms with Crippen molar-refractivity contribution in [2.24, 2.45) is 0 Å². The van der Waals surface area contributed by atoms with Gasteiger partial charge in [-0.3, -0.25) is 14.4 Å². The van der Waals surface area contributed by atoms with Crippen LogP contribution in [0.15, 0.2) is 48.5 Å². The summed E-state index contributed by atoms with van der Waals surface area (Å²) in [6, 6.07) is 15.3. The maximum absolute atomic E-state index is 12.5. The van der Waals surface area contributed by atoms with Crippen LogP contribution in [0.25, 0.3) is 0 Å². The number of nitrogens with zero attached hydrogens (tertiary/aromatic N) is 2. The van der Waals surface area contributed by atoms with E-state index in [9.17, 15) is 14.4 Å². The van der Waals surface area contributed by atoms with E-state index in [0.717, 1.165) is 22.4 Å². The van der Waals surface area contributed by atoms with Crippen molar-refractivity contribution in [2.75, 3.05) is 26.2 Å². The molecule has 0 unspecified atom stereocenters. The molecule has 2 aromatic carbocycles. The Kier molecular flexibility index (Phi) is 7.06. The molecule has 30 heavy (non-hydrogen) atoms. The summed E-state index contributed by atoms with van der Waals surface area (Å²) >= 11 is 0. The zero-order valence-electron chi connectivity index (χ0n) is 17.4. The fourth-order valence-corrected chi connectivity index (χ4v) is 3.30. The quantitative estimate of drug-likeness (QED) is 0.676. The number of hydrogen-bond acceptors (Lipinski definition) is 4. The predicted octanol–water partition coefficient (Wildman–Crippen LogP) is 1.88. The normalized spacial score (nSPS) is 14.1. The maximum atomic E-state index is 12.5. The van der Waals surface area contributed by atoms with Gasteiger partial charge in [-0.25, -0.2) is 0 Å². The van der Waals surface area contributed by atoms with Crippen LogP contribution in [0.3, 0.4) is 0 Å². The van der Waals surface area contributed by atoms with E-state index in [-0.39, 0.29) is 12.5 Å². The largest absolute Gasteiger partial charge is 0.494 e. The summed E-state index contributed by atoms with van der Waals surface area (Å²) in [7, 11) is 0. The number of benzene rings is 2. The summed E-state index contributed by atoms with van der Waals surface area (Å²) in [6.07, 6.45) is 0. The second-order valence-corrected chi connectivity index (χ2v) is 7.26. The molecule has 0 spiro atoms. The number of para-hydroxylation sites is 1. The number of nitrogens with one attached hydrogen (secondary N) is 1. The second-order valence-electron chi connectivity index (χ2n) is 7.26. The Morgan fingerprint density at radius 2 is 1.67 bits per heavy atom. The minimum absolute atomic E-state index is 0.139. The van der Waals surface area contributed by atoms with Gasteiger partial charge in [-0.05, 0) is 25.5 Å². The van der Waals surface area contributed by atoms with Crippen LogP contribution in [0.1, 0.15) is 23.6 Å². The van der Waals surface area contributed by atoms with Crippen LogP contribution in [0.5, 0.6) is 5.75 Å². The molecule has 0 atom stereocenters. The number of hydrogen-bond donors (Lipinski definition) is 1. The lowest BCUT2D eigenvalue weighted by Gasteiger charge is -2.33. The summed E-state index contributed by atoms with van der Waals surface area (Å²) in [5.41, 5.74) is 2.97. The van der Waals surface area contributed by atoms with E-state index in [0.29, 0.717) is 32.8 Å². The molecule has 1 aliphatic rings. The third-order valence-corrected chi connectivity index (χ3v) is 4.97. The van der Waals surface area contributed by atoms with Crippen LogP contribution >= 0.6 is 0 Å². The van der Waals surface area contributed by atoms with Crippen molar-refractivity contribution in [1.29, 1.82) is 0 Å². The van der Waals surface area contributed by atoms with Gasteiger partial charge in [0.15, 0.2) is 0 Å². The molecular weight excluding hydrogens is 382 g/mol. The third kappa shape index (κ3) is 5.37. The van der Waals surface area contributed by atoms with Crippen molar-refractivity contribution in [2.45, 2.75) is 26.9 Å². The Labute approximate surface area is 176 Å². The first-order chi connectivity index (χ1) is 14.5. The van der Waals surface area contributed by atoms with Gasteiger partial charge in [0.05, 0.1) is 6.61 Å². The number of ether oxygens (including phenoxy) is 1. The van der Waals surface area contributed by atoms with Crippen LogP contribution in [0.2, 0.25) is 0 Å². The first kappa shape index (κ1) is 21.4. The van der Waals surface area contributed by atoms with Gasteiger partial charge in [-0.1, -0.05) is 48.0 Å². The Bertz CT molecular complexity index is 911. The molecule has 1 N–H and O–H groups in total. The van der Waals surface area contributed by atoms with Crippen LogP contribution in [0, 0.1) is 6.92 Å². The molecule has 0 aromatic heterocycles. The number of aryl methyl sites for hydroxylation is 1. The molecule has 0 saturated carbocycles. The van der Waals surface area contributed by atoms with Crippen LogP contribution in [-0.2, 0) is 27.5 Å². The molecule has 1 heterocycles. The van der Waals surface area contributed by atoms with E-state index in [1.165, 1.54) is 9.80 Å². The molecule has 3 rings (SSSR count). The number of carbonyl (C=O) groups is 3. The second kappa shape index (κ2) is 9.91. The molecule has 2 aromatic rings. The fraction of sp³-hybridized carbons (Fsp3) is 0.348. The number of carbonyl (C=O) groups excluding carboxylic acids is 3. The van der Waals surface area contributed by atoms with Crippen molar-refractivity contribution < 1.29 is 19.1 Å². The van der Waals surface area contributed by atoms with E-state index >= 15 is 0 Å². The molecule has 0 aliphatic carbocycles. The number of rotatable bonds is 8. The van der Waals surface area contributed by atoms with Crippen molar-refractivity contribution in [3.8, 4) is 5.75 Å². The molecule has 7 nitrogen and oxygen atoms in total. The molecular formula is C23H27N3O4. The van der Waals surface area contributed by atoms with Crippen molar-refractivity contribution >= 4 is 17.7 Å². The zero-order chi connectivity index (χ0) is 21.5. The monoisotopic (exact) mass is 409 g/mol. The van der Waals surface area contributed by atoms with E-state index in [1.807, 2.05) is 62.4 Å². The first-order valence-electron chi connectivity index (χ1n) is 10.1. The first-order valence-corrected chi connectivity index (χ1v) is 10.1. The summed E-state index contributed by atoms with van der Waals surface area (Å²) in [4.78, 5) is 40.1. The minimum atomic E-state index is -0.641. The van der Waals surface area contributed by atoms with E-state index < -0.39 is 11.8 Å². The highest BCUT2D eigenvalue weighted by atomic mass is 16.5. The summed E-state index contributed by atoms with van der Waals surface area (Å²) in [5.74, 6) is -0.805. The van der Waals surface area contributed by atoms with Crippen molar-refractivity contribution in [3.05, 3.63) is 65.2 Å². The lowest BCUT2D eigenvalue weighted by molar-refractivity contribution is -0.157. The highest BCUT2D eigenvalue weighted by Crippen LogP contribution is 2.17. The number of piperazine rings is 1. The maximum Gasteiger partial charge on any atom is 0.312 e. The summed E-state index contributed by atoms with van der Waals surface area (Å²) < 4.78 is 5.55. The summed E-state index contributed by atoms with van der Waals surface area (Å²) in [6.45, 7) is 5.71. The van der Waals surface area contributed by atoms with Crippen LogP contribution in [0.4, 0.5) is 0 Å². The summed E-state index contributed by atoms with van der Waals surface area (Å²) in [5, 5.41) is 2.80. The van der Waals surface area contributed by atoms with Gasteiger partial charge in [-0.15, -0.1) is 0 Å². The molecule has 1 fully saturated rings. The lowest BCUT2D eigenvalue weighted by Crippen LogP contribution is -2.55. The molecule has 1 aliphatic heterocycles. The van der Waals surface area contributed by atoms with E-state index in [4.69, 9.17) is 4.74 Å². The van der Waals surface area contributed by atoms with Gasteiger partial charge in [0.1, 0.15) is 12.3 Å². The van der Waals surface area contributed by atoms with E-state index in [1.54, 1.807) is 0 Å². The predicted molar refractivity (Wildman–Crippen MR) is 113 cm³/mol. The molecule has 3 amide bonds. The highest BCUT2D eigenvalue weighted by molar-refractivity contribution is 6.35. The van der Waals surface area contributed by atoms with Crippen LogP contribution in [-0.4, -0.2) is 53.8 Å². The van der Waals surface area contributed by atoms with Crippen molar-refractivity contribution in [1.82, 2.24) is 15.1 Å². The average molecular weight is 409 g/mol. The fourth-order valence-electron chi connectivity index (χ4n) is 3.30. The van der Waals surface area contributed by atoms with Gasteiger partial charge >= 0.3 is 11.8 Å². The zero-order valence-corrected chi connectivity index (χ0v) is 17.4. The van der Waals surface area contributed by atoms with Gasteiger partial charge < -0.3 is 19.9 Å². The topological polar surface area (TPSA) is 79.0 Å². The lowest BCUT2D eigenvalue weighted by atomic mass is 10.1. The van der Waals surface area contributed by atoms with Gasteiger partial charge in [0, 0.05) is 31.7 Å². The van der Waals surface area contributed by atoms with E-state index in [2.05, 4.69) is 5.32 Å². The molecule has 7 heteroatoms. The smallest absolute Gasteiger partial charge is 0.312 e. The molecule has 1 saturated heterocycles. The number of amides is 3. The minimum Gasteiger partial charge on any atom is -0.494 e. The van der Waals surface area contributed by atoms with Gasteiger partial charge in [0.2, 0.25) is 5.91 Å². The Hall–Kier alpha value is -3.35. The third-order valence-electron chi connectivity index (χ3n) is 4.97. The standard InChI is InChI=1S/C23H27N3O4/c1-3-30-20-7-5-4-6-19(20)14-24-21(27)16-26-13-12-25(22(28)23(26)29)15-18-10-8-17(2)9-11-18/h4-11H,3,12-16H2,1-2H3,(H,24,27). The Morgan fingerprint density at radius 3 is 2.40 bits per heavy atom. The average Bonchev–Trinajstić information content (AvgIpc) is 2.74. The van der Waals surface area contributed by atoms with Crippen molar-refractivity contribution in [3.63, 3.8) is 0 Å². The van der Waals surface area contributed by atoms with Gasteiger partial charge in [0.25, 0.3) is 0 Å². The SMILES string of the molecule is CCOc1ccccc1CNC(=O)CN1CCN(Cc2ccc(C)cc2)C(=O)C1=O. The molecule has 158 valence electrons. The molecule has 0 radical (unpaired) electrons. The Morgan fingerprint density at radius 1 is 1.00 bits per heavy atom. The molecule has 0 bridgehead atoms.